The van der Waals surface area contributed by atoms with E-state index in [9.17, 15) is 0 Å². The zero-order chi connectivity index (χ0) is 9.61. The summed E-state index contributed by atoms with van der Waals surface area (Å²) in [5, 5.41) is 8.74. The first kappa shape index (κ1) is 11.6. The Bertz CT molecular complexity index is 163. The number of hydrogen-bond acceptors (Lipinski definition) is 3. The van der Waals surface area contributed by atoms with E-state index < -0.39 is 8.56 Å². The maximum atomic E-state index is 8.74. The summed E-state index contributed by atoms with van der Waals surface area (Å²) >= 11 is 0. The van der Waals surface area contributed by atoms with Crippen molar-refractivity contribution >= 4 is 8.56 Å². The molecule has 0 radical (unpaired) electrons. The van der Waals surface area contributed by atoms with Crippen LogP contribution in [0.5, 0.6) is 0 Å². The molecule has 70 valence electrons. The van der Waals surface area contributed by atoms with Gasteiger partial charge in [-0.05, 0) is 13.0 Å². The molecule has 0 aliphatic rings. The van der Waals surface area contributed by atoms with Crippen molar-refractivity contribution in [3.63, 3.8) is 0 Å². The van der Waals surface area contributed by atoms with Gasteiger partial charge >= 0.3 is 8.56 Å². The Morgan fingerprint density at radius 2 is 1.92 bits per heavy atom. The Labute approximate surface area is 75.5 Å². The molecule has 0 aromatic carbocycles. The summed E-state index contributed by atoms with van der Waals surface area (Å²) in [7, 11) is 1.28. The summed E-state index contributed by atoms with van der Waals surface area (Å²) in [6.45, 7) is 3.99. The highest BCUT2D eigenvalue weighted by Gasteiger charge is 2.31. The molecule has 0 spiro atoms. The van der Waals surface area contributed by atoms with Crippen molar-refractivity contribution in [1.29, 1.82) is 5.26 Å². The van der Waals surface area contributed by atoms with Crippen molar-refractivity contribution in [2.75, 3.05) is 14.2 Å². The van der Waals surface area contributed by atoms with Crippen LogP contribution in [-0.2, 0) is 8.85 Å². The van der Waals surface area contributed by atoms with Gasteiger partial charge in [-0.1, -0.05) is 6.92 Å². The van der Waals surface area contributed by atoms with Gasteiger partial charge in [0.1, 0.15) is 0 Å². The number of nitrogens with zero attached hydrogens (tertiary/aromatic N) is 1. The van der Waals surface area contributed by atoms with Crippen LogP contribution in [0.25, 0.3) is 0 Å². The normalized spacial score (nSPS) is 13.9. The average molecular weight is 187 g/mol. The third-order valence-corrected chi connectivity index (χ3v) is 5.12. The fourth-order valence-electron chi connectivity index (χ4n) is 0.979. The average Bonchev–Trinajstić information content (AvgIpc) is 2.14. The minimum atomic E-state index is -2.02. The van der Waals surface area contributed by atoms with Gasteiger partial charge in [-0.15, -0.1) is 0 Å². The zero-order valence-electron chi connectivity index (χ0n) is 8.26. The topological polar surface area (TPSA) is 42.2 Å². The fraction of sp³-hybridized carbons (Fsp3) is 0.875. The van der Waals surface area contributed by atoms with E-state index in [1.165, 1.54) is 0 Å². The second-order valence-corrected chi connectivity index (χ2v) is 6.47. The van der Waals surface area contributed by atoms with Crippen LogP contribution >= 0.6 is 0 Å². The Morgan fingerprint density at radius 3 is 2.17 bits per heavy atom. The lowest BCUT2D eigenvalue weighted by Crippen LogP contribution is -2.37. The van der Waals surface area contributed by atoms with E-state index in [0.29, 0.717) is 0 Å². The SMILES string of the molecule is CCC(C#N)C[Si](C)(OC)OC. The molecule has 0 fully saturated rings. The van der Waals surface area contributed by atoms with Crippen molar-refractivity contribution < 1.29 is 8.85 Å². The highest BCUT2D eigenvalue weighted by atomic mass is 28.4. The molecule has 12 heavy (non-hydrogen) atoms. The van der Waals surface area contributed by atoms with Crippen LogP contribution in [0.3, 0.4) is 0 Å². The van der Waals surface area contributed by atoms with Crippen LogP contribution in [0.1, 0.15) is 13.3 Å². The van der Waals surface area contributed by atoms with E-state index in [0.717, 1.165) is 12.5 Å². The van der Waals surface area contributed by atoms with E-state index in [-0.39, 0.29) is 5.92 Å². The summed E-state index contributed by atoms with van der Waals surface area (Å²) in [5.41, 5.74) is 0. The molecule has 0 saturated carbocycles. The molecule has 0 aromatic rings. The van der Waals surface area contributed by atoms with Gasteiger partial charge in [0.15, 0.2) is 0 Å². The minimum Gasteiger partial charge on any atom is -0.398 e. The lowest BCUT2D eigenvalue weighted by molar-refractivity contribution is 0.245. The predicted octanol–water partition coefficient (Wildman–Crippen LogP) is 1.90. The van der Waals surface area contributed by atoms with E-state index in [2.05, 4.69) is 6.07 Å². The molecule has 0 rings (SSSR count). The van der Waals surface area contributed by atoms with Gasteiger partial charge in [0.2, 0.25) is 0 Å². The molecule has 0 aliphatic carbocycles. The van der Waals surface area contributed by atoms with Gasteiger partial charge in [0, 0.05) is 26.2 Å². The molecule has 1 unspecified atom stereocenters. The van der Waals surface area contributed by atoms with Crippen molar-refractivity contribution in [2.24, 2.45) is 5.92 Å². The second-order valence-electron chi connectivity index (χ2n) is 2.98. The molecule has 0 heterocycles. The zero-order valence-corrected chi connectivity index (χ0v) is 9.26. The van der Waals surface area contributed by atoms with Crippen LogP contribution in [0.2, 0.25) is 12.6 Å². The Morgan fingerprint density at radius 1 is 1.42 bits per heavy atom. The highest BCUT2D eigenvalue weighted by Crippen LogP contribution is 2.19. The highest BCUT2D eigenvalue weighted by molar-refractivity contribution is 6.66. The molecular weight excluding hydrogens is 170 g/mol. The van der Waals surface area contributed by atoms with E-state index in [1.807, 2.05) is 13.5 Å². The van der Waals surface area contributed by atoms with Gasteiger partial charge in [0.05, 0.1) is 6.07 Å². The number of rotatable bonds is 5. The van der Waals surface area contributed by atoms with Crippen LogP contribution in [0.15, 0.2) is 0 Å². The first-order valence-electron chi connectivity index (χ1n) is 4.11. The Kier molecular flexibility index (Phi) is 5.14. The summed E-state index contributed by atoms with van der Waals surface area (Å²) in [5.74, 6) is 0.0709. The molecule has 1 atom stereocenters. The molecule has 0 aliphatic heterocycles. The summed E-state index contributed by atoms with van der Waals surface area (Å²) in [4.78, 5) is 0. The minimum absolute atomic E-state index is 0.0709. The van der Waals surface area contributed by atoms with Crippen LogP contribution in [0.4, 0.5) is 0 Å². The molecular formula is C8H17NO2Si. The maximum absolute atomic E-state index is 8.74. The first-order valence-corrected chi connectivity index (χ1v) is 6.64. The van der Waals surface area contributed by atoms with Crippen LogP contribution in [0, 0.1) is 17.2 Å². The number of hydrogen-bond donors (Lipinski definition) is 0. The van der Waals surface area contributed by atoms with Crippen LogP contribution < -0.4 is 0 Å². The van der Waals surface area contributed by atoms with Crippen molar-refractivity contribution in [3.05, 3.63) is 0 Å². The standard InChI is InChI=1S/C8H17NO2Si/c1-5-8(6-9)7-12(4,10-2)11-3/h8H,5,7H2,1-4H3. The summed E-state index contributed by atoms with van der Waals surface area (Å²) < 4.78 is 10.6. The van der Waals surface area contributed by atoms with E-state index in [1.54, 1.807) is 14.2 Å². The van der Waals surface area contributed by atoms with Gasteiger partial charge in [0.25, 0.3) is 0 Å². The molecule has 0 amide bonds. The van der Waals surface area contributed by atoms with Gasteiger partial charge in [-0.3, -0.25) is 0 Å². The maximum Gasteiger partial charge on any atom is 0.335 e. The summed E-state index contributed by atoms with van der Waals surface area (Å²) in [6, 6.07) is 3.01. The van der Waals surface area contributed by atoms with Crippen LogP contribution in [-0.4, -0.2) is 22.8 Å². The Hall–Kier alpha value is -0.373. The molecule has 0 N–H and O–H groups in total. The third-order valence-electron chi connectivity index (χ3n) is 2.16. The summed E-state index contributed by atoms with van der Waals surface area (Å²) in [6.07, 6.45) is 0.867. The smallest absolute Gasteiger partial charge is 0.335 e. The van der Waals surface area contributed by atoms with E-state index >= 15 is 0 Å². The quantitative estimate of drug-likeness (QED) is 0.617. The first-order chi connectivity index (χ1) is 5.61. The lowest BCUT2D eigenvalue weighted by atomic mass is 10.1. The van der Waals surface area contributed by atoms with Gasteiger partial charge in [-0.25, -0.2) is 0 Å². The fourth-order valence-corrected chi connectivity index (χ4v) is 2.75. The van der Waals surface area contributed by atoms with Crippen molar-refractivity contribution in [2.45, 2.75) is 25.9 Å². The predicted molar refractivity (Wildman–Crippen MR) is 49.8 cm³/mol. The second kappa shape index (κ2) is 5.30. The number of nitriles is 1. The van der Waals surface area contributed by atoms with Gasteiger partial charge in [-0.2, -0.15) is 5.26 Å². The third kappa shape index (κ3) is 3.35. The largest absolute Gasteiger partial charge is 0.398 e. The molecule has 0 bridgehead atoms. The van der Waals surface area contributed by atoms with E-state index in [4.69, 9.17) is 14.1 Å². The van der Waals surface area contributed by atoms with Crippen molar-refractivity contribution in [1.82, 2.24) is 0 Å². The monoisotopic (exact) mass is 187 g/mol. The molecule has 3 nitrogen and oxygen atoms in total. The van der Waals surface area contributed by atoms with Crippen molar-refractivity contribution in [3.8, 4) is 6.07 Å². The lowest BCUT2D eigenvalue weighted by Gasteiger charge is -2.24. The Balaban J connectivity index is 4.10. The molecule has 4 heteroatoms. The molecule has 0 aromatic heterocycles. The molecule has 0 saturated heterocycles. The van der Waals surface area contributed by atoms with Gasteiger partial charge < -0.3 is 8.85 Å².